The number of carbonyl (C=O) groups is 2. The first-order valence-electron chi connectivity index (χ1n) is 10.7. The van der Waals surface area contributed by atoms with Gasteiger partial charge in [0.25, 0.3) is 0 Å². The Labute approximate surface area is 183 Å². The summed E-state index contributed by atoms with van der Waals surface area (Å²) in [5.74, 6) is 0.661. The second-order valence-electron chi connectivity index (χ2n) is 7.48. The molecule has 1 fully saturated rings. The van der Waals surface area contributed by atoms with Crippen LogP contribution >= 0.6 is 0 Å². The van der Waals surface area contributed by atoms with Crippen molar-refractivity contribution in [2.45, 2.75) is 19.4 Å². The number of carbonyl (C=O) groups excluding carboxylic acids is 2. The summed E-state index contributed by atoms with van der Waals surface area (Å²) < 4.78 is 10.7. The van der Waals surface area contributed by atoms with Gasteiger partial charge in [-0.1, -0.05) is 30.3 Å². The molecule has 1 aliphatic rings. The van der Waals surface area contributed by atoms with Gasteiger partial charge in [-0.3, -0.25) is 9.59 Å². The molecular weight excluding hydrogens is 394 g/mol. The molecule has 3 rings (SSSR count). The highest BCUT2D eigenvalue weighted by Gasteiger charge is 2.21. The predicted molar refractivity (Wildman–Crippen MR) is 120 cm³/mol. The van der Waals surface area contributed by atoms with Crippen LogP contribution in [-0.2, 0) is 20.9 Å². The lowest BCUT2D eigenvalue weighted by Gasteiger charge is -2.36. The van der Waals surface area contributed by atoms with Crippen molar-refractivity contribution < 1.29 is 19.1 Å². The van der Waals surface area contributed by atoms with E-state index < -0.39 is 0 Å². The van der Waals surface area contributed by atoms with Crippen molar-refractivity contribution in [1.29, 1.82) is 0 Å². The van der Waals surface area contributed by atoms with Crippen LogP contribution in [0, 0.1) is 0 Å². The number of hydrogen-bond donors (Lipinski definition) is 1. The maximum Gasteiger partial charge on any atom is 0.242 e. The molecule has 0 saturated carbocycles. The standard InChI is InChI=1S/C24H31N3O4/c1-30-22-11-9-20(10-12-22)19-31-17-5-8-23(28)25-18-24(29)27-15-13-26(14-16-27)21-6-3-2-4-7-21/h2-4,6-7,9-12H,5,8,13-19H2,1H3,(H,25,28). The summed E-state index contributed by atoms with van der Waals surface area (Å²) in [5.41, 5.74) is 2.24. The van der Waals surface area contributed by atoms with Crippen LogP contribution in [0.4, 0.5) is 5.69 Å². The fourth-order valence-electron chi connectivity index (χ4n) is 3.47. The quantitative estimate of drug-likeness (QED) is 0.592. The van der Waals surface area contributed by atoms with Gasteiger partial charge < -0.3 is 24.6 Å². The lowest BCUT2D eigenvalue weighted by atomic mass is 10.2. The SMILES string of the molecule is COc1ccc(COCCCC(=O)NCC(=O)N2CCN(c3ccccc3)CC2)cc1. The van der Waals surface area contributed by atoms with Gasteiger partial charge in [-0.2, -0.15) is 0 Å². The van der Waals surface area contributed by atoms with Crippen molar-refractivity contribution in [1.82, 2.24) is 10.2 Å². The minimum absolute atomic E-state index is 0.0307. The Hall–Kier alpha value is -3.06. The molecule has 0 aromatic heterocycles. The van der Waals surface area contributed by atoms with Gasteiger partial charge >= 0.3 is 0 Å². The zero-order valence-electron chi connectivity index (χ0n) is 18.1. The summed E-state index contributed by atoms with van der Waals surface area (Å²) in [6.45, 7) is 3.99. The van der Waals surface area contributed by atoms with E-state index in [1.807, 2.05) is 47.4 Å². The van der Waals surface area contributed by atoms with Crippen LogP contribution < -0.4 is 15.0 Å². The van der Waals surface area contributed by atoms with E-state index in [2.05, 4.69) is 22.3 Å². The second-order valence-corrected chi connectivity index (χ2v) is 7.48. The highest BCUT2D eigenvalue weighted by molar-refractivity contribution is 5.84. The number of benzene rings is 2. The fourth-order valence-corrected chi connectivity index (χ4v) is 3.47. The number of ether oxygens (including phenoxy) is 2. The average Bonchev–Trinajstić information content (AvgIpc) is 2.83. The van der Waals surface area contributed by atoms with Crippen molar-refractivity contribution in [2.75, 3.05) is 51.3 Å². The molecule has 0 unspecified atom stereocenters. The van der Waals surface area contributed by atoms with Gasteiger partial charge in [-0.25, -0.2) is 0 Å². The van der Waals surface area contributed by atoms with Crippen LogP contribution in [-0.4, -0.2) is 63.2 Å². The highest BCUT2D eigenvalue weighted by Crippen LogP contribution is 2.15. The third kappa shape index (κ3) is 7.29. The zero-order valence-corrected chi connectivity index (χ0v) is 18.1. The fraction of sp³-hybridized carbons (Fsp3) is 0.417. The summed E-state index contributed by atoms with van der Waals surface area (Å²) >= 11 is 0. The number of para-hydroxylation sites is 1. The van der Waals surface area contributed by atoms with Crippen LogP contribution in [0.2, 0.25) is 0 Å². The van der Waals surface area contributed by atoms with Crippen LogP contribution in [0.5, 0.6) is 5.75 Å². The molecule has 2 amide bonds. The van der Waals surface area contributed by atoms with Gasteiger partial charge in [0.15, 0.2) is 0 Å². The lowest BCUT2D eigenvalue weighted by Crippen LogP contribution is -2.51. The smallest absolute Gasteiger partial charge is 0.242 e. The molecular formula is C24H31N3O4. The molecule has 7 nitrogen and oxygen atoms in total. The molecule has 0 bridgehead atoms. The topological polar surface area (TPSA) is 71.1 Å². The summed E-state index contributed by atoms with van der Waals surface area (Å²) in [6.07, 6.45) is 0.962. The molecule has 166 valence electrons. The summed E-state index contributed by atoms with van der Waals surface area (Å²) in [5, 5.41) is 2.73. The number of piperazine rings is 1. The molecule has 31 heavy (non-hydrogen) atoms. The first-order chi connectivity index (χ1) is 15.2. The van der Waals surface area contributed by atoms with Crippen molar-refractivity contribution >= 4 is 17.5 Å². The summed E-state index contributed by atoms with van der Waals surface area (Å²) in [4.78, 5) is 28.5. The molecule has 1 aliphatic heterocycles. The molecule has 1 saturated heterocycles. The first kappa shape index (κ1) is 22.6. The van der Waals surface area contributed by atoms with Crippen LogP contribution in [0.3, 0.4) is 0 Å². The number of rotatable bonds is 10. The van der Waals surface area contributed by atoms with E-state index >= 15 is 0 Å². The van der Waals surface area contributed by atoms with Gasteiger partial charge in [-0.05, 0) is 36.2 Å². The largest absolute Gasteiger partial charge is 0.497 e. The van der Waals surface area contributed by atoms with E-state index in [-0.39, 0.29) is 18.4 Å². The molecule has 1 N–H and O–H groups in total. The number of anilines is 1. The predicted octanol–water partition coefficient (Wildman–Crippen LogP) is 2.46. The van der Waals surface area contributed by atoms with E-state index in [0.717, 1.165) is 24.4 Å². The van der Waals surface area contributed by atoms with Crippen molar-refractivity contribution in [3.63, 3.8) is 0 Å². The van der Waals surface area contributed by atoms with Crippen LogP contribution in [0.15, 0.2) is 54.6 Å². The number of hydrogen-bond acceptors (Lipinski definition) is 5. The maximum atomic E-state index is 12.4. The Morgan fingerprint density at radius 2 is 1.68 bits per heavy atom. The second kappa shape index (κ2) is 12.0. The summed E-state index contributed by atoms with van der Waals surface area (Å²) in [6, 6.07) is 17.9. The van der Waals surface area contributed by atoms with E-state index in [0.29, 0.717) is 39.1 Å². The zero-order chi connectivity index (χ0) is 21.9. The van der Waals surface area contributed by atoms with Crippen LogP contribution in [0.25, 0.3) is 0 Å². The first-order valence-corrected chi connectivity index (χ1v) is 10.7. The average molecular weight is 426 g/mol. The van der Waals surface area contributed by atoms with Crippen molar-refractivity contribution in [3.05, 3.63) is 60.2 Å². The van der Waals surface area contributed by atoms with E-state index in [1.165, 1.54) is 5.69 Å². The molecule has 0 aliphatic carbocycles. The van der Waals surface area contributed by atoms with Crippen molar-refractivity contribution in [3.8, 4) is 5.75 Å². The summed E-state index contributed by atoms with van der Waals surface area (Å²) in [7, 11) is 1.64. The Morgan fingerprint density at radius 3 is 2.35 bits per heavy atom. The van der Waals surface area contributed by atoms with E-state index in [4.69, 9.17) is 9.47 Å². The highest BCUT2D eigenvalue weighted by atomic mass is 16.5. The number of nitrogens with one attached hydrogen (secondary N) is 1. The molecule has 1 heterocycles. The van der Waals surface area contributed by atoms with Crippen LogP contribution in [0.1, 0.15) is 18.4 Å². The third-order valence-electron chi connectivity index (χ3n) is 5.31. The number of nitrogens with zero attached hydrogens (tertiary/aromatic N) is 2. The monoisotopic (exact) mass is 425 g/mol. The van der Waals surface area contributed by atoms with Gasteiger partial charge in [0, 0.05) is 44.9 Å². The molecule has 0 spiro atoms. The number of methoxy groups -OCH3 is 1. The molecule has 0 atom stereocenters. The Kier molecular flexibility index (Phi) is 8.72. The van der Waals surface area contributed by atoms with Gasteiger partial charge in [-0.15, -0.1) is 0 Å². The molecule has 0 radical (unpaired) electrons. The van der Waals surface area contributed by atoms with E-state index in [1.54, 1.807) is 7.11 Å². The number of amides is 2. The minimum atomic E-state index is -0.121. The molecule has 7 heteroatoms. The minimum Gasteiger partial charge on any atom is -0.497 e. The Bertz CT molecular complexity index is 818. The normalized spacial score (nSPS) is 13.7. The molecule has 2 aromatic carbocycles. The van der Waals surface area contributed by atoms with Crippen molar-refractivity contribution in [2.24, 2.45) is 0 Å². The Morgan fingerprint density at radius 1 is 0.968 bits per heavy atom. The maximum absolute atomic E-state index is 12.4. The van der Waals surface area contributed by atoms with Gasteiger partial charge in [0.05, 0.1) is 20.3 Å². The van der Waals surface area contributed by atoms with E-state index in [9.17, 15) is 9.59 Å². The van der Waals surface area contributed by atoms with Gasteiger partial charge in [0.2, 0.25) is 11.8 Å². The third-order valence-corrected chi connectivity index (χ3v) is 5.31. The lowest BCUT2D eigenvalue weighted by molar-refractivity contribution is -0.133. The Balaban J connectivity index is 1.25. The van der Waals surface area contributed by atoms with Gasteiger partial charge in [0.1, 0.15) is 5.75 Å². The molecule has 2 aromatic rings.